The molecule has 0 heterocycles. The minimum Gasteiger partial charge on any atom is -0.379 e. The summed E-state index contributed by atoms with van der Waals surface area (Å²) in [7, 11) is 0. The zero-order chi connectivity index (χ0) is 16.6. The zero-order valence-corrected chi connectivity index (χ0v) is 15.0. The van der Waals surface area contributed by atoms with Gasteiger partial charge in [0, 0.05) is 13.2 Å². The first-order chi connectivity index (χ1) is 10.6. The summed E-state index contributed by atoms with van der Waals surface area (Å²) in [6.45, 7) is 13.1. The molecule has 22 heavy (non-hydrogen) atoms. The van der Waals surface area contributed by atoms with Crippen LogP contribution in [0.1, 0.15) is 47.0 Å². The fourth-order valence-corrected chi connectivity index (χ4v) is 2.00. The Morgan fingerprint density at radius 2 is 1.50 bits per heavy atom. The van der Waals surface area contributed by atoms with Crippen molar-refractivity contribution in [2.75, 3.05) is 46.2 Å². The predicted molar refractivity (Wildman–Crippen MR) is 90.2 cm³/mol. The maximum absolute atomic E-state index is 5.86. The molecule has 0 aromatic heterocycles. The van der Waals surface area contributed by atoms with Gasteiger partial charge in [0.15, 0.2) is 0 Å². The molecule has 0 saturated heterocycles. The summed E-state index contributed by atoms with van der Waals surface area (Å²) in [5.41, 5.74) is 5.66. The summed E-state index contributed by atoms with van der Waals surface area (Å²) in [6.07, 6.45) is 3.34. The Bertz CT molecular complexity index is 227. The summed E-state index contributed by atoms with van der Waals surface area (Å²) in [6, 6.07) is 0. The second-order valence-electron chi connectivity index (χ2n) is 5.99. The summed E-state index contributed by atoms with van der Waals surface area (Å²) >= 11 is 0. The minimum absolute atomic E-state index is 0.200. The molecule has 0 fully saturated rings. The predicted octanol–water partition coefficient (Wildman–Crippen LogP) is 2.61. The smallest absolute Gasteiger partial charge is 0.0704 e. The maximum Gasteiger partial charge on any atom is 0.0704 e. The van der Waals surface area contributed by atoms with Crippen molar-refractivity contribution in [2.24, 2.45) is 11.7 Å². The van der Waals surface area contributed by atoms with E-state index in [-0.39, 0.29) is 12.2 Å². The van der Waals surface area contributed by atoms with Crippen LogP contribution in [0.3, 0.4) is 0 Å². The summed E-state index contributed by atoms with van der Waals surface area (Å²) < 4.78 is 22.3. The van der Waals surface area contributed by atoms with Crippen LogP contribution < -0.4 is 5.73 Å². The van der Waals surface area contributed by atoms with Crippen LogP contribution in [0.25, 0.3) is 0 Å². The van der Waals surface area contributed by atoms with Crippen LogP contribution in [0.4, 0.5) is 0 Å². The van der Waals surface area contributed by atoms with Crippen LogP contribution in [0.2, 0.25) is 0 Å². The van der Waals surface area contributed by atoms with E-state index in [1.807, 2.05) is 6.92 Å². The lowest BCUT2D eigenvalue weighted by Crippen LogP contribution is -2.23. The van der Waals surface area contributed by atoms with Gasteiger partial charge in [0.2, 0.25) is 0 Å². The highest BCUT2D eigenvalue weighted by Crippen LogP contribution is 2.11. The molecule has 2 unspecified atom stereocenters. The molecule has 0 bridgehead atoms. The first kappa shape index (κ1) is 21.8. The standard InChI is InChI=1S/C17H37NO4/c1-5-19-10-11-20-12-13-21-17(8-9-18)7-6-16(4)22-14-15(2)3/h15-17H,5-14,18H2,1-4H3. The molecule has 0 aromatic rings. The topological polar surface area (TPSA) is 62.9 Å². The Morgan fingerprint density at radius 1 is 0.818 bits per heavy atom. The molecule has 0 radical (unpaired) electrons. The fraction of sp³-hybridized carbons (Fsp3) is 1.00. The Labute approximate surface area is 136 Å². The van der Waals surface area contributed by atoms with E-state index in [1.54, 1.807) is 0 Å². The van der Waals surface area contributed by atoms with Gasteiger partial charge in [-0.05, 0) is 45.6 Å². The van der Waals surface area contributed by atoms with Crippen LogP contribution in [0.5, 0.6) is 0 Å². The van der Waals surface area contributed by atoms with Crippen LogP contribution in [-0.2, 0) is 18.9 Å². The lowest BCUT2D eigenvalue weighted by molar-refractivity contribution is -0.0231. The van der Waals surface area contributed by atoms with Crippen molar-refractivity contribution >= 4 is 0 Å². The Morgan fingerprint density at radius 3 is 2.14 bits per heavy atom. The van der Waals surface area contributed by atoms with Crippen molar-refractivity contribution in [3.63, 3.8) is 0 Å². The SMILES string of the molecule is CCOCCOCCOC(CCN)CCC(C)OCC(C)C. The van der Waals surface area contributed by atoms with Crippen molar-refractivity contribution in [1.82, 2.24) is 0 Å². The normalized spacial score (nSPS) is 14.5. The lowest BCUT2D eigenvalue weighted by Gasteiger charge is -2.20. The molecule has 0 spiro atoms. The molecule has 0 aliphatic heterocycles. The van der Waals surface area contributed by atoms with E-state index in [9.17, 15) is 0 Å². The molecule has 2 atom stereocenters. The van der Waals surface area contributed by atoms with E-state index in [4.69, 9.17) is 24.7 Å². The molecule has 0 rings (SSSR count). The quantitative estimate of drug-likeness (QED) is 0.443. The van der Waals surface area contributed by atoms with Crippen molar-refractivity contribution in [1.29, 1.82) is 0 Å². The second kappa shape index (κ2) is 15.7. The van der Waals surface area contributed by atoms with Gasteiger partial charge in [-0.15, -0.1) is 0 Å². The van der Waals surface area contributed by atoms with Crippen LogP contribution >= 0.6 is 0 Å². The van der Waals surface area contributed by atoms with E-state index >= 15 is 0 Å². The van der Waals surface area contributed by atoms with Crippen molar-refractivity contribution < 1.29 is 18.9 Å². The highest BCUT2D eigenvalue weighted by Gasteiger charge is 2.11. The molecule has 0 amide bonds. The van der Waals surface area contributed by atoms with Gasteiger partial charge in [0.25, 0.3) is 0 Å². The molecule has 5 heteroatoms. The highest BCUT2D eigenvalue weighted by atomic mass is 16.5. The molecule has 0 aromatic carbocycles. The van der Waals surface area contributed by atoms with E-state index in [0.29, 0.717) is 38.9 Å². The maximum atomic E-state index is 5.86. The van der Waals surface area contributed by atoms with Crippen LogP contribution in [0, 0.1) is 5.92 Å². The lowest BCUT2D eigenvalue weighted by atomic mass is 10.1. The molecular formula is C17H37NO4. The summed E-state index contributed by atoms with van der Waals surface area (Å²) in [5, 5.41) is 0. The molecule has 5 nitrogen and oxygen atoms in total. The zero-order valence-electron chi connectivity index (χ0n) is 15.0. The first-order valence-electron chi connectivity index (χ1n) is 8.68. The van der Waals surface area contributed by atoms with Gasteiger partial charge in [0.1, 0.15) is 0 Å². The Kier molecular flexibility index (Phi) is 15.5. The van der Waals surface area contributed by atoms with Gasteiger partial charge in [-0.3, -0.25) is 0 Å². The van der Waals surface area contributed by atoms with Crippen LogP contribution in [0.15, 0.2) is 0 Å². The summed E-state index contributed by atoms with van der Waals surface area (Å²) in [5.74, 6) is 0.576. The first-order valence-corrected chi connectivity index (χ1v) is 8.68. The Balaban J connectivity index is 3.67. The van der Waals surface area contributed by atoms with Gasteiger partial charge >= 0.3 is 0 Å². The van der Waals surface area contributed by atoms with Gasteiger partial charge in [-0.2, -0.15) is 0 Å². The number of hydrogen-bond donors (Lipinski definition) is 1. The molecule has 0 aliphatic rings. The van der Waals surface area contributed by atoms with E-state index in [2.05, 4.69) is 20.8 Å². The third-order valence-corrected chi connectivity index (χ3v) is 3.26. The largest absolute Gasteiger partial charge is 0.379 e. The average Bonchev–Trinajstić information content (AvgIpc) is 2.49. The van der Waals surface area contributed by atoms with Crippen molar-refractivity contribution in [3.05, 3.63) is 0 Å². The number of rotatable bonds is 16. The molecule has 2 N–H and O–H groups in total. The van der Waals surface area contributed by atoms with E-state index < -0.39 is 0 Å². The second-order valence-corrected chi connectivity index (χ2v) is 5.99. The van der Waals surface area contributed by atoms with Gasteiger partial charge in [-0.25, -0.2) is 0 Å². The van der Waals surface area contributed by atoms with Gasteiger partial charge in [0.05, 0.1) is 38.6 Å². The highest BCUT2D eigenvalue weighted by molar-refractivity contribution is 4.63. The van der Waals surface area contributed by atoms with Crippen molar-refractivity contribution in [3.8, 4) is 0 Å². The van der Waals surface area contributed by atoms with Crippen LogP contribution in [-0.4, -0.2) is 58.4 Å². The molecular weight excluding hydrogens is 282 g/mol. The third kappa shape index (κ3) is 14.7. The summed E-state index contributed by atoms with van der Waals surface area (Å²) in [4.78, 5) is 0. The average molecular weight is 319 g/mol. The van der Waals surface area contributed by atoms with Gasteiger partial charge in [-0.1, -0.05) is 13.8 Å². The molecule has 134 valence electrons. The number of hydrogen-bond acceptors (Lipinski definition) is 5. The minimum atomic E-state index is 0.200. The Hall–Kier alpha value is -0.200. The van der Waals surface area contributed by atoms with E-state index in [1.165, 1.54) is 0 Å². The number of ether oxygens (including phenoxy) is 4. The number of nitrogens with two attached hydrogens (primary N) is 1. The van der Waals surface area contributed by atoms with Gasteiger partial charge < -0.3 is 24.7 Å². The molecule has 0 saturated carbocycles. The third-order valence-electron chi connectivity index (χ3n) is 3.26. The van der Waals surface area contributed by atoms with Crippen molar-refractivity contribution in [2.45, 2.75) is 59.2 Å². The van der Waals surface area contributed by atoms with E-state index in [0.717, 1.165) is 32.5 Å². The molecule has 0 aliphatic carbocycles. The monoisotopic (exact) mass is 319 g/mol. The fourth-order valence-electron chi connectivity index (χ4n) is 2.00.